The number of fused-ring (bicyclic) bond motifs is 1. The molecule has 2 aromatic heterocycles. The second-order valence-corrected chi connectivity index (χ2v) is 4.74. The molecule has 17 heavy (non-hydrogen) atoms. The maximum Gasteiger partial charge on any atom is 0.253 e. The molecular weight excluding hydrogens is 234 g/mol. The summed E-state index contributed by atoms with van der Waals surface area (Å²) < 4.78 is 2.69. The minimum atomic E-state index is -0.0562. The molecule has 2 heterocycles. The van der Waals surface area contributed by atoms with E-state index in [0.29, 0.717) is 6.54 Å². The predicted molar refractivity (Wildman–Crippen MR) is 67.2 cm³/mol. The van der Waals surface area contributed by atoms with Crippen molar-refractivity contribution in [1.82, 2.24) is 14.5 Å². The van der Waals surface area contributed by atoms with Gasteiger partial charge >= 0.3 is 0 Å². The van der Waals surface area contributed by atoms with Gasteiger partial charge in [0.1, 0.15) is 5.01 Å². The van der Waals surface area contributed by atoms with E-state index in [1.165, 1.54) is 18.6 Å². The number of para-hydroxylation sites is 1. The Bertz CT molecular complexity index is 684. The SMILES string of the molecule is O=c1ccncn1Cc1nc2ccccc2s1. The number of aromatic nitrogens is 3. The van der Waals surface area contributed by atoms with Gasteiger partial charge in [-0.25, -0.2) is 9.97 Å². The van der Waals surface area contributed by atoms with Gasteiger partial charge in [0.05, 0.1) is 23.1 Å². The van der Waals surface area contributed by atoms with Gasteiger partial charge in [0.25, 0.3) is 5.56 Å². The lowest BCUT2D eigenvalue weighted by molar-refractivity contribution is 0.733. The molecule has 4 nitrogen and oxygen atoms in total. The third-order valence-corrected chi connectivity index (χ3v) is 3.46. The van der Waals surface area contributed by atoms with Gasteiger partial charge in [-0.05, 0) is 12.1 Å². The first-order chi connectivity index (χ1) is 8.33. The molecule has 0 aliphatic rings. The van der Waals surface area contributed by atoms with Crippen LogP contribution >= 0.6 is 11.3 Å². The molecule has 0 saturated heterocycles. The Hall–Kier alpha value is -2.01. The van der Waals surface area contributed by atoms with Crippen LogP contribution < -0.4 is 5.56 Å². The van der Waals surface area contributed by atoms with E-state index in [1.807, 2.05) is 24.3 Å². The molecule has 0 aliphatic heterocycles. The van der Waals surface area contributed by atoms with Crippen molar-refractivity contribution in [3.8, 4) is 0 Å². The molecule has 0 aliphatic carbocycles. The highest BCUT2D eigenvalue weighted by atomic mass is 32.1. The molecule has 5 heteroatoms. The Morgan fingerprint density at radius 1 is 1.24 bits per heavy atom. The zero-order valence-electron chi connectivity index (χ0n) is 8.91. The lowest BCUT2D eigenvalue weighted by atomic mass is 10.3. The number of hydrogen-bond donors (Lipinski definition) is 0. The Balaban J connectivity index is 2.00. The maximum absolute atomic E-state index is 11.5. The summed E-state index contributed by atoms with van der Waals surface area (Å²) in [5.74, 6) is 0. The van der Waals surface area contributed by atoms with Gasteiger partial charge in [-0.1, -0.05) is 12.1 Å². The highest BCUT2D eigenvalue weighted by Gasteiger charge is 2.04. The quantitative estimate of drug-likeness (QED) is 0.690. The van der Waals surface area contributed by atoms with Gasteiger partial charge in [-0.15, -0.1) is 11.3 Å². The highest BCUT2D eigenvalue weighted by Crippen LogP contribution is 2.21. The van der Waals surface area contributed by atoms with Crippen LogP contribution in [0.4, 0.5) is 0 Å². The third kappa shape index (κ3) is 1.97. The van der Waals surface area contributed by atoms with Crippen molar-refractivity contribution in [3.05, 3.63) is 58.2 Å². The second kappa shape index (κ2) is 4.10. The fourth-order valence-electron chi connectivity index (χ4n) is 1.63. The number of rotatable bonds is 2. The van der Waals surface area contributed by atoms with E-state index in [0.717, 1.165) is 15.2 Å². The van der Waals surface area contributed by atoms with Gasteiger partial charge < -0.3 is 0 Å². The van der Waals surface area contributed by atoms with Crippen LogP contribution in [-0.2, 0) is 6.54 Å². The number of nitrogens with zero attached hydrogens (tertiary/aromatic N) is 3. The van der Waals surface area contributed by atoms with Gasteiger partial charge in [0.15, 0.2) is 0 Å². The van der Waals surface area contributed by atoms with Crippen molar-refractivity contribution in [3.63, 3.8) is 0 Å². The first-order valence-electron chi connectivity index (χ1n) is 5.18. The zero-order chi connectivity index (χ0) is 11.7. The van der Waals surface area contributed by atoms with E-state index in [2.05, 4.69) is 9.97 Å². The molecule has 0 radical (unpaired) electrons. The van der Waals surface area contributed by atoms with Crippen LogP contribution in [-0.4, -0.2) is 14.5 Å². The number of benzene rings is 1. The minimum Gasteiger partial charge on any atom is -0.292 e. The lowest BCUT2D eigenvalue weighted by Crippen LogP contribution is -2.19. The lowest BCUT2D eigenvalue weighted by Gasteiger charge is -1.99. The minimum absolute atomic E-state index is 0.0562. The van der Waals surface area contributed by atoms with Crippen molar-refractivity contribution in [2.75, 3.05) is 0 Å². The molecule has 0 fully saturated rings. The standard InChI is InChI=1S/C12H9N3OS/c16-12-5-6-13-8-15(12)7-11-14-9-3-1-2-4-10(9)17-11/h1-6,8H,7H2. The Morgan fingerprint density at radius 3 is 2.94 bits per heavy atom. The average molecular weight is 243 g/mol. The zero-order valence-corrected chi connectivity index (χ0v) is 9.72. The Kier molecular flexibility index (Phi) is 2.45. The highest BCUT2D eigenvalue weighted by molar-refractivity contribution is 7.18. The van der Waals surface area contributed by atoms with E-state index in [-0.39, 0.29) is 5.56 Å². The summed E-state index contributed by atoms with van der Waals surface area (Å²) in [6, 6.07) is 9.40. The summed E-state index contributed by atoms with van der Waals surface area (Å²) >= 11 is 1.60. The van der Waals surface area contributed by atoms with Crippen LogP contribution in [0.25, 0.3) is 10.2 Å². The van der Waals surface area contributed by atoms with E-state index in [9.17, 15) is 4.79 Å². The molecule has 0 amide bonds. The van der Waals surface area contributed by atoms with E-state index < -0.39 is 0 Å². The molecule has 84 valence electrons. The first kappa shape index (κ1) is 10.2. The summed E-state index contributed by atoms with van der Waals surface area (Å²) in [4.78, 5) is 20.0. The average Bonchev–Trinajstić information content (AvgIpc) is 2.74. The maximum atomic E-state index is 11.5. The van der Waals surface area contributed by atoms with Crippen molar-refractivity contribution in [2.45, 2.75) is 6.54 Å². The molecular formula is C12H9N3OS. The molecule has 0 spiro atoms. The molecule has 3 rings (SSSR count). The molecule has 0 saturated carbocycles. The van der Waals surface area contributed by atoms with Gasteiger partial charge in [-0.3, -0.25) is 9.36 Å². The molecule has 0 bridgehead atoms. The molecule has 1 aromatic carbocycles. The van der Waals surface area contributed by atoms with Crippen LogP contribution in [0.1, 0.15) is 5.01 Å². The van der Waals surface area contributed by atoms with Gasteiger partial charge in [0, 0.05) is 12.3 Å². The predicted octanol–water partition coefficient (Wildman–Crippen LogP) is 1.90. The molecule has 0 N–H and O–H groups in total. The van der Waals surface area contributed by atoms with E-state index in [4.69, 9.17) is 0 Å². The second-order valence-electron chi connectivity index (χ2n) is 3.62. The normalized spacial score (nSPS) is 10.8. The van der Waals surface area contributed by atoms with E-state index >= 15 is 0 Å². The van der Waals surface area contributed by atoms with Crippen LogP contribution in [0.3, 0.4) is 0 Å². The van der Waals surface area contributed by atoms with Crippen molar-refractivity contribution in [2.24, 2.45) is 0 Å². The largest absolute Gasteiger partial charge is 0.292 e. The van der Waals surface area contributed by atoms with E-state index in [1.54, 1.807) is 15.9 Å². The molecule has 0 unspecified atom stereocenters. The van der Waals surface area contributed by atoms with Crippen LogP contribution in [0.2, 0.25) is 0 Å². The third-order valence-electron chi connectivity index (χ3n) is 2.44. The van der Waals surface area contributed by atoms with Crippen LogP contribution in [0.5, 0.6) is 0 Å². The Labute approximate surface area is 101 Å². The van der Waals surface area contributed by atoms with Crippen LogP contribution in [0, 0.1) is 0 Å². The topological polar surface area (TPSA) is 47.8 Å². The van der Waals surface area contributed by atoms with Gasteiger partial charge in [-0.2, -0.15) is 0 Å². The summed E-state index contributed by atoms with van der Waals surface area (Å²) in [6.45, 7) is 0.478. The van der Waals surface area contributed by atoms with Crippen molar-refractivity contribution >= 4 is 21.6 Å². The Morgan fingerprint density at radius 2 is 2.12 bits per heavy atom. The fourth-order valence-corrected chi connectivity index (χ4v) is 2.60. The summed E-state index contributed by atoms with van der Waals surface area (Å²) in [5, 5.41) is 0.918. The van der Waals surface area contributed by atoms with Gasteiger partial charge in [0.2, 0.25) is 0 Å². The molecule has 0 atom stereocenters. The molecule has 3 aromatic rings. The number of thiazole rings is 1. The summed E-state index contributed by atoms with van der Waals surface area (Å²) in [5.41, 5.74) is 0.920. The van der Waals surface area contributed by atoms with Crippen molar-refractivity contribution < 1.29 is 0 Å². The van der Waals surface area contributed by atoms with Crippen LogP contribution in [0.15, 0.2) is 47.7 Å². The fraction of sp³-hybridized carbons (Fsp3) is 0.0833. The first-order valence-corrected chi connectivity index (χ1v) is 5.99. The van der Waals surface area contributed by atoms with Crippen molar-refractivity contribution in [1.29, 1.82) is 0 Å². The smallest absolute Gasteiger partial charge is 0.253 e. The monoisotopic (exact) mass is 243 g/mol. The number of hydrogen-bond acceptors (Lipinski definition) is 4. The summed E-state index contributed by atoms with van der Waals surface area (Å²) in [7, 11) is 0. The summed E-state index contributed by atoms with van der Waals surface area (Å²) in [6.07, 6.45) is 3.03.